The number of hydrogen-bond acceptors (Lipinski definition) is 2. The molecule has 1 aromatic rings. The van der Waals surface area contributed by atoms with Crippen LogP contribution in [0.4, 0.5) is 10.5 Å². The summed E-state index contributed by atoms with van der Waals surface area (Å²) in [6, 6.07) is 6.97. The van der Waals surface area contributed by atoms with E-state index in [1.54, 1.807) is 17.0 Å². The van der Waals surface area contributed by atoms with Gasteiger partial charge in [0.1, 0.15) is 0 Å². The van der Waals surface area contributed by atoms with Gasteiger partial charge < -0.3 is 15.3 Å². The summed E-state index contributed by atoms with van der Waals surface area (Å²) in [6.07, 6.45) is 2.60. The van der Waals surface area contributed by atoms with Crippen LogP contribution in [-0.2, 0) is 4.79 Å². The Morgan fingerprint density at radius 1 is 1.29 bits per heavy atom. The maximum Gasteiger partial charge on any atom is 0.321 e. The van der Waals surface area contributed by atoms with Crippen molar-refractivity contribution < 1.29 is 14.7 Å². The molecule has 0 bridgehead atoms. The van der Waals surface area contributed by atoms with Gasteiger partial charge in [-0.3, -0.25) is 4.79 Å². The molecule has 0 aromatic heterocycles. The number of amides is 2. The third kappa shape index (κ3) is 4.63. The predicted molar refractivity (Wildman–Crippen MR) is 81.6 cm³/mol. The van der Waals surface area contributed by atoms with Crippen LogP contribution in [0, 0.1) is 5.92 Å². The first-order valence-corrected chi connectivity index (χ1v) is 7.46. The van der Waals surface area contributed by atoms with Gasteiger partial charge in [0.05, 0.1) is 10.7 Å². The number of carbonyl (C=O) groups excluding carboxylic acids is 1. The first-order valence-electron chi connectivity index (χ1n) is 7.08. The molecule has 2 rings (SSSR count). The standard InChI is InChI=1S/C15H19ClN2O3/c16-12-3-1-2-4-13(12)17-15(21)18-9-7-11(8-10-18)5-6-14(19)20/h1-4,11H,5-10H2,(H,17,21)(H,19,20). The number of piperidine rings is 1. The number of carbonyl (C=O) groups is 2. The summed E-state index contributed by atoms with van der Waals surface area (Å²) in [7, 11) is 0. The summed E-state index contributed by atoms with van der Waals surface area (Å²) in [5.41, 5.74) is 0.608. The average molecular weight is 311 g/mol. The fourth-order valence-corrected chi connectivity index (χ4v) is 2.69. The molecule has 5 nitrogen and oxygen atoms in total. The SMILES string of the molecule is O=C(O)CCC1CCN(C(=O)Nc2ccccc2Cl)CC1. The van der Waals surface area contributed by atoms with Gasteiger partial charge in [-0.1, -0.05) is 23.7 Å². The monoisotopic (exact) mass is 310 g/mol. The molecule has 0 radical (unpaired) electrons. The fraction of sp³-hybridized carbons (Fsp3) is 0.467. The molecule has 0 saturated carbocycles. The number of carboxylic acids is 1. The molecular weight excluding hydrogens is 292 g/mol. The largest absolute Gasteiger partial charge is 0.481 e. The molecular formula is C15H19ClN2O3. The maximum atomic E-state index is 12.2. The highest BCUT2D eigenvalue weighted by Gasteiger charge is 2.23. The molecule has 1 heterocycles. The Kier molecular flexibility index (Phi) is 5.44. The van der Waals surface area contributed by atoms with Gasteiger partial charge >= 0.3 is 12.0 Å². The lowest BCUT2D eigenvalue weighted by molar-refractivity contribution is -0.137. The van der Waals surface area contributed by atoms with Crippen LogP contribution in [-0.4, -0.2) is 35.1 Å². The highest BCUT2D eigenvalue weighted by Crippen LogP contribution is 2.24. The first-order chi connectivity index (χ1) is 10.1. The van der Waals surface area contributed by atoms with E-state index in [4.69, 9.17) is 16.7 Å². The third-order valence-electron chi connectivity index (χ3n) is 3.78. The second-order valence-corrected chi connectivity index (χ2v) is 5.68. The topological polar surface area (TPSA) is 69.6 Å². The van der Waals surface area contributed by atoms with E-state index in [9.17, 15) is 9.59 Å². The van der Waals surface area contributed by atoms with Crippen LogP contribution in [0.1, 0.15) is 25.7 Å². The number of para-hydroxylation sites is 1. The van der Waals surface area contributed by atoms with Crippen molar-refractivity contribution >= 4 is 29.3 Å². The van der Waals surface area contributed by atoms with Crippen molar-refractivity contribution in [1.29, 1.82) is 0 Å². The van der Waals surface area contributed by atoms with Gasteiger partial charge in [0.25, 0.3) is 0 Å². The summed E-state index contributed by atoms with van der Waals surface area (Å²) in [5, 5.41) is 12.0. The van der Waals surface area contributed by atoms with Crippen LogP contribution in [0.2, 0.25) is 5.02 Å². The van der Waals surface area contributed by atoms with Crippen LogP contribution < -0.4 is 5.32 Å². The van der Waals surface area contributed by atoms with Gasteiger partial charge in [0.2, 0.25) is 0 Å². The molecule has 0 aliphatic carbocycles. The van der Waals surface area contributed by atoms with Gasteiger partial charge in [-0.25, -0.2) is 4.79 Å². The predicted octanol–water partition coefficient (Wildman–Crippen LogP) is 3.45. The minimum Gasteiger partial charge on any atom is -0.481 e. The number of carboxylic acid groups (broad SMARTS) is 1. The lowest BCUT2D eigenvalue weighted by Crippen LogP contribution is -2.41. The quantitative estimate of drug-likeness (QED) is 0.895. The first kappa shape index (κ1) is 15.6. The molecule has 2 N–H and O–H groups in total. The zero-order valence-electron chi connectivity index (χ0n) is 11.7. The minimum atomic E-state index is -0.756. The molecule has 0 spiro atoms. The van der Waals surface area contributed by atoms with Gasteiger partial charge in [-0.15, -0.1) is 0 Å². The van der Waals surface area contributed by atoms with E-state index < -0.39 is 5.97 Å². The van der Waals surface area contributed by atoms with Gasteiger partial charge in [0, 0.05) is 19.5 Å². The Morgan fingerprint density at radius 3 is 2.57 bits per heavy atom. The van der Waals surface area contributed by atoms with E-state index in [2.05, 4.69) is 5.32 Å². The smallest absolute Gasteiger partial charge is 0.321 e. The van der Waals surface area contributed by atoms with E-state index in [0.29, 0.717) is 36.1 Å². The molecule has 1 fully saturated rings. The normalized spacial score (nSPS) is 15.8. The summed E-state index contributed by atoms with van der Waals surface area (Å²) >= 11 is 6.01. The Labute approximate surface area is 128 Å². The van der Waals surface area contributed by atoms with Crippen LogP contribution >= 0.6 is 11.6 Å². The Morgan fingerprint density at radius 2 is 1.95 bits per heavy atom. The highest BCUT2D eigenvalue weighted by atomic mass is 35.5. The fourth-order valence-electron chi connectivity index (χ4n) is 2.51. The van der Waals surface area contributed by atoms with Crippen molar-refractivity contribution in [3.8, 4) is 0 Å². The van der Waals surface area contributed by atoms with E-state index in [0.717, 1.165) is 12.8 Å². The van der Waals surface area contributed by atoms with Crippen LogP contribution in [0.3, 0.4) is 0 Å². The van der Waals surface area contributed by atoms with E-state index in [-0.39, 0.29) is 12.5 Å². The summed E-state index contributed by atoms with van der Waals surface area (Å²) in [4.78, 5) is 24.5. The van der Waals surface area contributed by atoms with Crippen LogP contribution in [0.25, 0.3) is 0 Å². The van der Waals surface area contributed by atoms with Crippen molar-refractivity contribution in [3.63, 3.8) is 0 Å². The number of anilines is 1. The van der Waals surface area contributed by atoms with Gasteiger partial charge in [-0.05, 0) is 37.3 Å². The number of aliphatic carboxylic acids is 1. The number of benzene rings is 1. The number of rotatable bonds is 4. The lowest BCUT2D eigenvalue weighted by Gasteiger charge is -2.31. The van der Waals surface area contributed by atoms with E-state index >= 15 is 0 Å². The number of nitrogens with zero attached hydrogens (tertiary/aromatic N) is 1. The minimum absolute atomic E-state index is 0.153. The molecule has 1 aliphatic heterocycles. The molecule has 6 heteroatoms. The summed E-state index contributed by atoms with van der Waals surface area (Å²) < 4.78 is 0. The van der Waals surface area contributed by atoms with Crippen molar-refractivity contribution in [3.05, 3.63) is 29.3 Å². The van der Waals surface area contributed by atoms with Crippen LogP contribution in [0.5, 0.6) is 0 Å². The second kappa shape index (κ2) is 7.31. The summed E-state index contributed by atoms with van der Waals surface area (Å²) in [5.74, 6) is -0.362. The molecule has 114 valence electrons. The molecule has 0 unspecified atom stereocenters. The highest BCUT2D eigenvalue weighted by molar-refractivity contribution is 6.33. The zero-order chi connectivity index (χ0) is 15.2. The molecule has 21 heavy (non-hydrogen) atoms. The van der Waals surface area contributed by atoms with E-state index in [1.165, 1.54) is 0 Å². The molecule has 2 amide bonds. The molecule has 1 aromatic carbocycles. The van der Waals surface area contributed by atoms with E-state index in [1.807, 2.05) is 12.1 Å². The second-order valence-electron chi connectivity index (χ2n) is 5.27. The number of nitrogens with one attached hydrogen (secondary N) is 1. The van der Waals surface area contributed by atoms with Gasteiger partial charge in [0.15, 0.2) is 0 Å². The molecule has 0 atom stereocenters. The number of likely N-dealkylation sites (tertiary alicyclic amines) is 1. The zero-order valence-corrected chi connectivity index (χ0v) is 12.5. The Bertz CT molecular complexity index is 513. The van der Waals surface area contributed by atoms with Crippen molar-refractivity contribution in [2.24, 2.45) is 5.92 Å². The third-order valence-corrected chi connectivity index (χ3v) is 4.11. The maximum absolute atomic E-state index is 12.2. The van der Waals surface area contributed by atoms with Crippen LogP contribution in [0.15, 0.2) is 24.3 Å². The van der Waals surface area contributed by atoms with Crippen molar-refractivity contribution in [2.45, 2.75) is 25.7 Å². The van der Waals surface area contributed by atoms with Crippen molar-refractivity contribution in [1.82, 2.24) is 4.90 Å². The Balaban J connectivity index is 1.81. The van der Waals surface area contributed by atoms with Crippen molar-refractivity contribution in [2.75, 3.05) is 18.4 Å². The number of halogens is 1. The molecule has 1 aliphatic rings. The number of hydrogen-bond donors (Lipinski definition) is 2. The number of urea groups is 1. The summed E-state index contributed by atoms with van der Waals surface area (Å²) in [6.45, 7) is 1.31. The van der Waals surface area contributed by atoms with Gasteiger partial charge in [-0.2, -0.15) is 0 Å². The average Bonchev–Trinajstić information content (AvgIpc) is 2.48. The lowest BCUT2D eigenvalue weighted by atomic mass is 9.92. The molecule has 1 saturated heterocycles. The Hall–Kier alpha value is -1.75.